The fourth-order valence-electron chi connectivity index (χ4n) is 9.61. The van der Waals surface area contributed by atoms with E-state index < -0.39 is 41.4 Å². The van der Waals surface area contributed by atoms with Gasteiger partial charge in [0.1, 0.15) is 5.60 Å². The first kappa shape index (κ1) is 33.1. The average molecular weight is 670 g/mol. The molecule has 1 amide bonds. The molecule has 0 spiro atoms. The minimum absolute atomic E-state index is 0.0332. The number of amides is 1. The number of benzene rings is 1. The molecule has 11 heteroatoms. The molecule has 1 aromatic carbocycles. The van der Waals surface area contributed by atoms with E-state index in [1.165, 1.54) is 6.92 Å². The number of pyridine rings is 1. The van der Waals surface area contributed by atoms with E-state index in [4.69, 9.17) is 0 Å². The van der Waals surface area contributed by atoms with E-state index in [1.54, 1.807) is 41.4 Å². The summed E-state index contributed by atoms with van der Waals surface area (Å²) in [5, 5.41) is 11.5. The number of allylic oxidation sites excluding steroid dienone is 4. The number of fused-ring (bicyclic) bond motifs is 4. The molecule has 1 aliphatic heterocycles. The zero-order valence-corrected chi connectivity index (χ0v) is 26.9. The fourth-order valence-corrected chi connectivity index (χ4v) is 9.61. The van der Waals surface area contributed by atoms with Crippen molar-refractivity contribution >= 4 is 11.7 Å². The number of hydrogen-bond donors (Lipinski definition) is 1. The lowest BCUT2D eigenvalue weighted by Crippen LogP contribution is -2.65. The lowest BCUT2D eigenvalue weighted by Gasteiger charge is -2.56. The molecule has 0 radical (unpaired) electrons. The molecular formula is C37H40F5N3O3. The third kappa shape index (κ3) is 5.23. The van der Waals surface area contributed by atoms with Gasteiger partial charge >= 0.3 is 12.1 Å². The smallest absolute Gasteiger partial charge is 0.383 e. The van der Waals surface area contributed by atoms with Gasteiger partial charge in [0.25, 0.3) is 5.91 Å². The number of alkyl halides is 5. The molecular weight excluding hydrogens is 629 g/mol. The van der Waals surface area contributed by atoms with Crippen LogP contribution in [0.1, 0.15) is 79.3 Å². The maximum Gasteiger partial charge on any atom is 0.456 e. The number of ketones is 1. The molecule has 5 aliphatic rings. The van der Waals surface area contributed by atoms with Crippen LogP contribution in [-0.2, 0) is 11.3 Å². The van der Waals surface area contributed by atoms with Crippen LogP contribution in [0.25, 0.3) is 0 Å². The van der Waals surface area contributed by atoms with Gasteiger partial charge in [-0.25, -0.2) is 0 Å². The molecule has 48 heavy (non-hydrogen) atoms. The first-order chi connectivity index (χ1) is 22.7. The van der Waals surface area contributed by atoms with Crippen LogP contribution in [0.5, 0.6) is 0 Å². The predicted molar refractivity (Wildman–Crippen MR) is 168 cm³/mol. The predicted octanol–water partition coefficient (Wildman–Crippen LogP) is 6.87. The average Bonchev–Trinajstić information content (AvgIpc) is 3.35. The molecule has 2 saturated carbocycles. The van der Waals surface area contributed by atoms with Gasteiger partial charge in [0.15, 0.2) is 5.78 Å². The Morgan fingerprint density at radius 2 is 1.73 bits per heavy atom. The number of aromatic nitrogens is 1. The number of halogens is 5. The van der Waals surface area contributed by atoms with Gasteiger partial charge in [0, 0.05) is 68.4 Å². The number of nitrogens with zero attached hydrogens (tertiary/aromatic N) is 3. The Hall–Kier alpha value is -3.44. The van der Waals surface area contributed by atoms with Crippen LogP contribution >= 0.6 is 0 Å². The maximum absolute atomic E-state index is 15.3. The molecule has 256 valence electrons. The van der Waals surface area contributed by atoms with Gasteiger partial charge in [0.05, 0.1) is 0 Å². The normalized spacial score (nSPS) is 31.2. The second kappa shape index (κ2) is 11.9. The Bertz CT molecular complexity index is 1650. The Labute approximate surface area is 276 Å². The molecule has 1 aromatic heterocycles. The van der Waals surface area contributed by atoms with E-state index in [1.807, 2.05) is 18.3 Å². The van der Waals surface area contributed by atoms with Crippen LogP contribution in [-0.4, -0.2) is 75.5 Å². The maximum atomic E-state index is 15.3. The Morgan fingerprint density at radius 1 is 1.00 bits per heavy atom. The molecule has 3 fully saturated rings. The minimum atomic E-state index is -5.90. The molecule has 1 N–H and O–H groups in total. The van der Waals surface area contributed by atoms with Crippen molar-refractivity contribution in [1.29, 1.82) is 0 Å². The van der Waals surface area contributed by atoms with Gasteiger partial charge in [-0.1, -0.05) is 30.7 Å². The Morgan fingerprint density at radius 3 is 2.40 bits per heavy atom. The summed E-state index contributed by atoms with van der Waals surface area (Å²) in [5.74, 6) is -6.78. The Balaban J connectivity index is 1.18. The molecule has 2 unspecified atom stereocenters. The highest BCUT2D eigenvalue weighted by Gasteiger charge is 2.79. The van der Waals surface area contributed by atoms with Gasteiger partial charge in [0.2, 0.25) is 0 Å². The second-order valence-corrected chi connectivity index (χ2v) is 14.5. The third-order valence-corrected chi connectivity index (χ3v) is 12.1. The van der Waals surface area contributed by atoms with Crippen molar-refractivity contribution in [3.8, 4) is 0 Å². The summed E-state index contributed by atoms with van der Waals surface area (Å²) in [6, 6.07) is 10.9. The fraction of sp³-hybridized carbons (Fsp3) is 0.541. The van der Waals surface area contributed by atoms with Crippen molar-refractivity contribution in [2.45, 2.75) is 82.0 Å². The highest BCUT2D eigenvalue weighted by atomic mass is 19.4. The van der Waals surface area contributed by atoms with E-state index in [-0.39, 0.29) is 30.4 Å². The molecule has 2 aromatic rings. The Kier molecular flexibility index (Phi) is 8.17. The highest BCUT2D eigenvalue weighted by Crippen LogP contribution is 2.70. The summed E-state index contributed by atoms with van der Waals surface area (Å²) in [7, 11) is 0. The van der Waals surface area contributed by atoms with Crippen molar-refractivity contribution in [2.75, 3.05) is 26.2 Å². The van der Waals surface area contributed by atoms with Gasteiger partial charge in [-0.15, -0.1) is 0 Å². The van der Waals surface area contributed by atoms with Crippen molar-refractivity contribution in [3.05, 3.63) is 88.3 Å². The van der Waals surface area contributed by atoms with Crippen molar-refractivity contribution in [1.82, 2.24) is 14.8 Å². The number of hydrogen-bond acceptors (Lipinski definition) is 5. The van der Waals surface area contributed by atoms with Crippen molar-refractivity contribution in [2.24, 2.45) is 17.3 Å². The van der Waals surface area contributed by atoms with Crippen LogP contribution in [0.15, 0.2) is 71.6 Å². The van der Waals surface area contributed by atoms with E-state index in [0.717, 1.165) is 28.8 Å². The van der Waals surface area contributed by atoms with E-state index in [9.17, 15) is 27.9 Å². The van der Waals surface area contributed by atoms with Crippen LogP contribution in [0.2, 0.25) is 0 Å². The lowest BCUT2D eigenvalue weighted by atomic mass is 9.50. The summed E-state index contributed by atoms with van der Waals surface area (Å²) in [6.07, 6.45) is 0.545. The molecule has 2 heterocycles. The summed E-state index contributed by atoms with van der Waals surface area (Å²) in [6.45, 7) is 4.70. The first-order valence-corrected chi connectivity index (χ1v) is 16.9. The number of carbonyl (C=O) groups excluding carboxylic acids is 2. The quantitative estimate of drug-likeness (QED) is 0.352. The largest absolute Gasteiger partial charge is 0.456 e. The van der Waals surface area contributed by atoms with Crippen LogP contribution in [0, 0.1) is 17.3 Å². The summed E-state index contributed by atoms with van der Waals surface area (Å²) in [5.41, 5.74) is 0.254. The van der Waals surface area contributed by atoms with E-state index in [2.05, 4.69) is 9.88 Å². The number of rotatable bonds is 5. The van der Waals surface area contributed by atoms with Crippen molar-refractivity contribution in [3.63, 3.8) is 0 Å². The minimum Gasteiger partial charge on any atom is -0.383 e. The third-order valence-electron chi connectivity index (χ3n) is 12.1. The SMILES string of the molecule is CC12C[C@H](c3ccc(C(=O)N4CCN(Cc5cccnc5)CC4)cc3)C3=C4CCC(=O)C=C4CCC3[C@@H]1CC[C@@]2(O)C(F)(F)C(F)(F)F. The second-order valence-electron chi connectivity index (χ2n) is 14.5. The molecule has 5 atom stereocenters. The number of carbonyl (C=O) groups is 2. The highest BCUT2D eigenvalue weighted by molar-refractivity contribution is 5.94. The topological polar surface area (TPSA) is 73.7 Å². The lowest BCUT2D eigenvalue weighted by molar-refractivity contribution is -0.362. The summed E-state index contributed by atoms with van der Waals surface area (Å²) in [4.78, 5) is 34.1. The molecule has 4 aliphatic carbocycles. The van der Waals surface area contributed by atoms with Gasteiger partial charge in [-0.05, 0) is 96.9 Å². The summed E-state index contributed by atoms with van der Waals surface area (Å²) < 4.78 is 72.1. The monoisotopic (exact) mass is 669 g/mol. The first-order valence-electron chi connectivity index (χ1n) is 16.9. The molecule has 6 nitrogen and oxygen atoms in total. The molecule has 0 bridgehead atoms. The van der Waals surface area contributed by atoms with E-state index in [0.29, 0.717) is 63.0 Å². The zero-order valence-electron chi connectivity index (χ0n) is 26.9. The zero-order chi connectivity index (χ0) is 34.1. The molecule has 7 rings (SSSR count). The standard InChI is InChI=1S/C37H40F5N3O3/c1-34-20-30(24-4-6-25(7-5-24)33(47)45-17-15-44(16-18-45)22-23-3-2-14-43-21-23)32-28-11-9-27(46)19-26(28)8-10-29(32)31(34)12-13-35(34,48)36(38,39)37(40,41)42/h2-7,14,19,21,29-31,48H,8-13,15-18,20,22H2,1H3/t29?,30-,31+,34?,35+/m1/s1. The van der Waals surface area contributed by atoms with Crippen LogP contribution < -0.4 is 0 Å². The van der Waals surface area contributed by atoms with Gasteiger partial charge in [-0.3, -0.25) is 19.5 Å². The number of aliphatic hydroxyl groups is 1. The summed E-state index contributed by atoms with van der Waals surface area (Å²) >= 11 is 0. The van der Waals surface area contributed by atoms with Crippen LogP contribution in [0.3, 0.4) is 0 Å². The van der Waals surface area contributed by atoms with Gasteiger partial charge < -0.3 is 10.0 Å². The van der Waals surface area contributed by atoms with Gasteiger partial charge in [-0.2, -0.15) is 22.0 Å². The number of piperazine rings is 1. The van der Waals surface area contributed by atoms with E-state index >= 15 is 8.78 Å². The van der Waals surface area contributed by atoms with Crippen molar-refractivity contribution < 1.29 is 36.6 Å². The van der Waals surface area contributed by atoms with Crippen LogP contribution in [0.4, 0.5) is 22.0 Å². The molecule has 1 saturated heterocycles.